The van der Waals surface area contributed by atoms with Gasteiger partial charge in [-0.15, -0.1) is 5.10 Å². The van der Waals surface area contributed by atoms with Crippen molar-refractivity contribution in [3.05, 3.63) is 57.6 Å². The van der Waals surface area contributed by atoms with Crippen molar-refractivity contribution in [2.75, 3.05) is 7.11 Å². The van der Waals surface area contributed by atoms with Gasteiger partial charge in [0.2, 0.25) is 5.91 Å². The molecule has 0 radical (unpaired) electrons. The highest BCUT2D eigenvalue weighted by Crippen LogP contribution is 2.30. The molecular weight excluding hydrogens is 409 g/mol. The summed E-state index contributed by atoms with van der Waals surface area (Å²) in [6.45, 7) is 0. The summed E-state index contributed by atoms with van der Waals surface area (Å²) in [6.07, 6.45) is 1.94. The first-order valence-electron chi connectivity index (χ1n) is 7.86. The van der Waals surface area contributed by atoms with E-state index in [0.29, 0.717) is 32.9 Å². The van der Waals surface area contributed by atoms with Crippen LogP contribution in [0.3, 0.4) is 0 Å². The molecule has 1 aliphatic rings. The van der Waals surface area contributed by atoms with Crippen molar-refractivity contribution >= 4 is 52.3 Å². The molecule has 1 aliphatic heterocycles. The fourth-order valence-electron chi connectivity index (χ4n) is 2.41. The van der Waals surface area contributed by atoms with Crippen molar-refractivity contribution in [1.29, 1.82) is 0 Å². The lowest BCUT2D eigenvalue weighted by Crippen LogP contribution is -2.26. The Morgan fingerprint density at radius 3 is 2.93 bits per heavy atom. The van der Waals surface area contributed by atoms with Crippen LogP contribution in [0.1, 0.15) is 11.1 Å². The largest absolute Gasteiger partial charge is 0.504 e. The maximum Gasteiger partial charge on any atom is 0.239 e. The lowest BCUT2D eigenvalue weighted by atomic mass is 10.1. The molecular formula is C18H15Cl2N3O3S. The molecule has 0 bridgehead atoms. The minimum Gasteiger partial charge on any atom is -0.504 e. The van der Waals surface area contributed by atoms with E-state index in [4.69, 9.17) is 27.9 Å². The van der Waals surface area contributed by atoms with E-state index in [0.717, 1.165) is 5.56 Å². The summed E-state index contributed by atoms with van der Waals surface area (Å²) in [5, 5.41) is 21.3. The minimum absolute atomic E-state index is 0.0436. The van der Waals surface area contributed by atoms with E-state index in [1.54, 1.807) is 24.3 Å². The number of thioether (sulfide) groups is 1. The van der Waals surface area contributed by atoms with Gasteiger partial charge < -0.3 is 15.2 Å². The van der Waals surface area contributed by atoms with Gasteiger partial charge in [0.15, 0.2) is 16.7 Å². The van der Waals surface area contributed by atoms with Crippen LogP contribution >= 0.6 is 35.0 Å². The monoisotopic (exact) mass is 423 g/mol. The molecule has 6 nitrogen and oxygen atoms in total. The van der Waals surface area contributed by atoms with Crippen molar-refractivity contribution in [2.45, 2.75) is 11.7 Å². The maximum atomic E-state index is 12.2. The SMILES string of the molecule is COc1cc(/C=N\N=C2/NC(=O)[C@H](Cc3cccc(Cl)c3Cl)S2)ccc1O. The molecule has 0 saturated carbocycles. The number of rotatable bonds is 5. The van der Waals surface area contributed by atoms with Crippen molar-refractivity contribution in [2.24, 2.45) is 10.2 Å². The van der Waals surface area contributed by atoms with Gasteiger partial charge in [-0.1, -0.05) is 47.1 Å². The number of nitrogens with one attached hydrogen (secondary N) is 1. The van der Waals surface area contributed by atoms with Gasteiger partial charge in [-0.3, -0.25) is 4.79 Å². The number of amidine groups is 1. The summed E-state index contributed by atoms with van der Waals surface area (Å²) in [6, 6.07) is 10.1. The van der Waals surface area contributed by atoms with Gasteiger partial charge in [0.1, 0.15) is 0 Å². The molecule has 0 aliphatic carbocycles. The van der Waals surface area contributed by atoms with E-state index in [9.17, 15) is 9.90 Å². The number of aromatic hydroxyl groups is 1. The van der Waals surface area contributed by atoms with E-state index in [-0.39, 0.29) is 16.9 Å². The number of carbonyl (C=O) groups excluding carboxylic acids is 1. The Labute approximate surface area is 170 Å². The number of amides is 1. The highest BCUT2D eigenvalue weighted by atomic mass is 35.5. The van der Waals surface area contributed by atoms with E-state index < -0.39 is 0 Å². The molecule has 27 heavy (non-hydrogen) atoms. The van der Waals surface area contributed by atoms with E-state index in [1.165, 1.54) is 31.2 Å². The number of methoxy groups -OCH3 is 1. The fraction of sp³-hybridized carbons (Fsp3) is 0.167. The Bertz CT molecular complexity index is 934. The lowest BCUT2D eigenvalue weighted by Gasteiger charge is -2.08. The number of nitrogens with zero attached hydrogens (tertiary/aromatic N) is 2. The molecule has 1 atom stereocenters. The van der Waals surface area contributed by atoms with Crippen LogP contribution in [0.5, 0.6) is 11.5 Å². The summed E-state index contributed by atoms with van der Waals surface area (Å²) in [5.74, 6) is 0.229. The average Bonchev–Trinajstić information content (AvgIpc) is 3.00. The zero-order chi connectivity index (χ0) is 19.4. The number of phenolic OH excluding ortho intramolecular Hbond substituents is 1. The van der Waals surface area contributed by atoms with E-state index in [2.05, 4.69) is 15.5 Å². The maximum absolute atomic E-state index is 12.2. The predicted octanol–water partition coefficient (Wildman–Crippen LogP) is 3.87. The number of ether oxygens (including phenoxy) is 1. The van der Waals surface area contributed by atoms with E-state index >= 15 is 0 Å². The number of phenols is 1. The molecule has 2 aromatic carbocycles. The summed E-state index contributed by atoms with van der Waals surface area (Å²) in [5.41, 5.74) is 1.50. The predicted molar refractivity (Wildman–Crippen MR) is 109 cm³/mol. The van der Waals surface area contributed by atoms with Gasteiger partial charge >= 0.3 is 0 Å². The molecule has 1 heterocycles. The molecule has 1 amide bonds. The Morgan fingerprint density at radius 1 is 1.33 bits per heavy atom. The minimum atomic E-state index is -0.358. The Kier molecular flexibility index (Phi) is 6.26. The third-order valence-corrected chi connectivity index (χ3v) is 5.70. The van der Waals surface area contributed by atoms with Gasteiger partial charge in [0.25, 0.3) is 0 Å². The first-order valence-corrected chi connectivity index (χ1v) is 9.50. The molecule has 2 aromatic rings. The smallest absolute Gasteiger partial charge is 0.239 e. The van der Waals surface area contributed by atoms with Crippen LogP contribution in [-0.4, -0.2) is 34.8 Å². The molecule has 3 rings (SSSR count). The molecule has 2 N–H and O–H groups in total. The summed E-state index contributed by atoms with van der Waals surface area (Å²) >= 11 is 13.5. The van der Waals surface area contributed by atoms with Gasteiger partial charge in [0.05, 0.1) is 28.6 Å². The molecule has 140 valence electrons. The normalized spacial score (nSPS) is 18.3. The van der Waals surface area contributed by atoms with Crippen molar-refractivity contribution in [3.63, 3.8) is 0 Å². The third kappa shape index (κ3) is 4.74. The number of halogens is 2. The molecule has 0 spiro atoms. The molecule has 1 saturated heterocycles. The fourth-order valence-corrected chi connectivity index (χ4v) is 3.76. The van der Waals surface area contributed by atoms with Crippen LogP contribution in [0.25, 0.3) is 0 Å². The Balaban J connectivity index is 1.67. The molecule has 1 fully saturated rings. The Hall–Kier alpha value is -2.22. The Morgan fingerprint density at radius 2 is 2.15 bits per heavy atom. The molecule has 9 heteroatoms. The highest BCUT2D eigenvalue weighted by Gasteiger charge is 2.31. The van der Waals surface area contributed by atoms with Crippen molar-refractivity contribution < 1.29 is 14.6 Å². The topological polar surface area (TPSA) is 83.3 Å². The zero-order valence-electron chi connectivity index (χ0n) is 14.1. The highest BCUT2D eigenvalue weighted by molar-refractivity contribution is 8.15. The van der Waals surface area contributed by atoms with Gasteiger partial charge in [-0.2, -0.15) is 5.10 Å². The van der Waals surface area contributed by atoms with Crippen molar-refractivity contribution in [3.8, 4) is 11.5 Å². The number of benzene rings is 2. The summed E-state index contributed by atoms with van der Waals surface area (Å²) in [4.78, 5) is 12.2. The van der Waals surface area contributed by atoms with Crippen LogP contribution in [0.4, 0.5) is 0 Å². The lowest BCUT2D eigenvalue weighted by molar-refractivity contribution is -0.118. The summed E-state index contributed by atoms with van der Waals surface area (Å²) in [7, 11) is 1.47. The van der Waals surface area contributed by atoms with Crippen LogP contribution in [0.2, 0.25) is 10.0 Å². The van der Waals surface area contributed by atoms with Crippen LogP contribution in [-0.2, 0) is 11.2 Å². The van der Waals surface area contributed by atoms with Crippen molar-refractivity contribution in [1.82, 2.24) is 5.32 Å². The number of hydrogen-bond acceptors (Lipinski definition) is 6. The van der Waals surface area contributed by atoms with Crippen LogP contribution in [0, 0.1) is 0 Å². The standard InChI is InChI=1S/C18H15Cl2N3O3S/c1-26-14-7-10(5-6-13(14)24)9-21-23-18-22-17(25)15(27-18)8-11-3-2-4-12(19)16(11)20/h2-7,9,15,24H,8H2,1H3,(H,22,23,25)/b21-9-/t15-/m0/s1. The van der Waals surface area contributed by atoms with Crippen LogP contribution < -0.4 is 10.1 Å². The second-order valence-corrected chi connectivity index (χ2v) is 7.57. The first kappa shape index (κ1) is 19.5. The number of carbonyl (C=O) groups is 1. The number of hydrogen-bond donors (Lipinski definition) is 2. The molecule has 0 unspecified atom stereocenters. The van der Waals surface area contributed by atoms with Gasteiger partial charge in [-0.25, -0.2) is 0 Å². The van der Waals surface area contributed by atoms with Gasteiger partial charge in [-0.05, 0) is 41.8 Å². The van der Waals surface area contributed by atoms with Gasteiger partial charge in [0, 0.05) is 0 Å². The van der Waals surface area contributed by atoms with E-state index in [1.807, 2.05) is 6.07 Å². The quantitative estimate of drug-likeness (QED) is 0.564. The second kappa shape index (κ2) is 8.65. The average molecular weight is 424 g/mol. The summed E-state index contributed by atoms with van der Waals surface area (Å²) < 4.78 is 5.04. The second-order valence-electron chi connectivity index (χ2n) is 5.59. The zero-order valence-corrected chi connectivity index (χ0v) is 16.5. The first-order chi connectivity index (χ1) is 13.0. The molecule has 0 aromatic heterocycles. The van der Waals surface area contributed by atoms with Crippen LogP contribution in [0.15, 0.2) is 46.6 Å². The third-order valence-electron chi connectivity index (χ3n) is 3.77.